The molecule has 20 heavy (non-hydrogen) atoms. The number of benzene rings is 1. The van der Waals surface area contributed by atoms with Gasteiger partial charge in [0.2, 0.25) is 0 Å². The van der Waals surface area contributed by atoms with E-state index in [9.17, 15) is 9.18 Å². The van der Waals surface area contributed by atoms with Gasteiger partial charge in [-0.1, -0.05) is 13.8 Å². The summed E-state index contributed by atoms with van der Waals surface area (Å²) in [5, 5.41) is 0. The van der Waals surface area contributed by atoms with Crippen molar-refractivity contribution < 1.29 is 13.9 Å². The molecular weight excluding hydrogens is 259 g/mol. The first kappa shape index (κ1) is 16.4. The van der Waals surface area contributed by atoms with E-state index < -0.39 is 5.82 Å². The fourth-order valence-electron chi connectivity index (χ4n) is 2.27. The molecule has 0 radical (unpaired) electrons. The van der Waals surface area contributed by atoms with Gasteiger partial charge in [0.25, 0.3) is 5.91 Å². The Balaban J connectivity index is 3.05. The van der Waals surface area contributed by atoms with Gasteiger partial charge in [0.05, 0.1) is 12.7 Å². The van der Waals surface area contributed by atoms with Crippen LogP contribution in [0.2, 0.25) is 0 Å². The van der Waals surface area contributed by atoms with Crippen molar-refractivity contribution in [1.82, 2.24) is 4.90 Å². The number of hydrogen-bond acceptors (Lipinski definition) is 3. The molecule has 4 nitrogen and oxygen atoms in total. The van der Waals surface area contributed by atoms with Gasteiger partial charge in [0.1, 0.15) is 11.6 Å². The summed E-state index contributed by atoms with van der Waals surface area (Å²) in [5.74, 6) is -0.487. The van der Waals surface area contributed by atoms with Gasteiger partial charge in [-0.25, -0.2) is 4.39 Å². The molecule has 0 aliphatic heterocycles. The summed E-state index contributed by atoms with van der Waals surface area (Å²) in [5.41, 5.74) is 5.63. The number of rotatable bonds is 7. The van der Waals surface area contributed by atoms with Crippen LogP contribution in [0.4, 0.5) is 4.39 Å². The number of ether oxygens (including phenoxy) is 1. The van der Waals surface area contributed by atoms with Crippen molar-refractivity contribution in [2.45, 2.75) is 32.7 Å². The average molecular weight is 282 g/mol. The van der Waals surface area contributed by atoms with Crippen molar-refractivity contribution in [3.05, 3.63) is 29.6 Å². The zero-order valence-corrected chi connectivity index (χ0v) is 12.4. The Bertz CT molecular complexity index is 447. The molecule has 1 amide bonds. The minimum absolute atomic E-state index is 0.0613. The Hall–Kier alpha value is -1.62. The number of methoxy groups -OCH3 is 1. The summed E-state index contributed by atoms with van der Waals surface area (Å²) in [6.45, 7) is 4.81. The number of carbonyl (C=O) groups is 1. The largest absolute Gasteiger partial charge is 0.497 e. The summed E-state index contributed by atoms with van der Waals surface area (Å²) < 4.78 is 18.9. The molecule has 0 aliphatic carbocycles. The van der Waals surface area contributed by atoms with Crippen LogP contribution in [-0.2, 0) is 0 Å². The SMILES string of the molecule is CCC(CC)N(CCN)C(=O)c1ccc(OC)cc1F. The molecular formula is C15H23FN2O2. The lowest BCUT2D eigenvalue weighted by molar-refractivity contribution is 0.0669. The summed E-state index contributed by atoms with van der Waals surface area (Å²) in [7, 11) is 1.46. The molecule has 0 aromatic heterocycles. The Morgan fingerprint density at radius 3 is 2.50 bits per heavy atom. The van der Waals surface area contributed by atoms with E-state index in [0.29, 0.717) is 18.8 Å². The van der Waals surface area contributed by atoms with Crippen LogP contribution < -0.4 is 10.5 Å². The lowest BCUT2D eigenvalue weighted by Gasteiger charge is -2.30. The molecule has 1 rings (SSSR count). The molecule has 1 aromatic carbocycles. The first-order valence-electron chi connectivity index (χ1n) is 6.93. The maximum Gasteiger partial charge on any atom is 0.257 e. The van der Waals surface area contributed by atoms with E-state index in [1.165, 1.54) is 19.2 Å². The molecule has 0 unspecified atom stereocenters. The molecule has 0 aliphatic rings. The maximum absolute atomic E-state index is 14.0. The number of hydrogen-bond donors (Lipinski definition) is 1. The molecule has 2 N–H and O–H groups in total. The third-order valence-corrected chi connectivity index (χ3v) is 3.42. The normalized spacial score (nSPS) is 10.7. The molecule has 0 fully saturated rings. The summed E-state index contributed by atoms with van der Waals surface area (Å²) in [6, 6.07) is 4.35. The lowest BCUT2D eigenvalue weighted by atomic mass is 10.1. The highest BCUT2D eigenvalue weighted by Crippen LogP contribution is 2.20. The van der Waals surface area contributed by atoms with E-state index in [2.05, 4.69) is 0 Å². The molecule has 0 spiro atoms. The first-order chi connectivity index (χ1) is 9.58. The minimum atomic E-state index is -0.567. The quantitative estimate of drug-likeness (QED) is 0.835. The Kier molecular flexibility index (Phi) is 6.45. The monoisotopic (exact) mass is 282 g/mol. The van der Waals surface area contributed by atoms with Gasteiger partial charge in [-0.2, -0.15) is 0 Å². The van der Waals surface area contributed by atoms with Crippen molar-refractivity contribution in [3.8, 4) is 5.75 Å². The van der Waals surface area contributed by atoms with E-state index in [0.717, 1.165) is 12.8 Å². The number of halogens is 1. The van der Waals surface area contributed by atoms with E-state index in [1.807, 2.05) is 13.8 Å². The van der Waals surface area contributed by atoms with Gasteiger partial charge in [-0.05, 0) is 25.0 Å². The molecule has 0 saturated heterocycles. The highest BCUT2D eigenvalue weighted by molar-refractivity contribution is 5.94. The predicted molar refractivity (Wildman–Crippen MR) is 77.4 cm³/mol. The third kappa shape index (κ3) is 3.70. The second-order valence-electron chi connectivity index (χ2n) is 4.60. The van der Waals surface area contributed by atoms with Crippen molar-refractivity contribution in [2.24, 2.45) is 5.73 Å². The van der Waals surface area contributed by atoms with E-state index in [-0.39, 0.29) is 17.5 Å². The van der Waals surface area contributed by atoms with Gasteiger partial charge in [-0.15, -0.1) is 0 Å². The van der Waals surface area contributed by atoms with Gasteiger partial charge < -0.3 is 15.4 Å². The molecule has 0 atom stereocenters. The van der Waals surface area contributed by atoms with Crippen LogP contribution in [0.5, 0.6) is 5.75 Å². The highest BCUT2D eigenvalue weighted by atomic mass is 19.1. The Morgan fingerprint density at radius 1 is 1.40 bits per heavy atom. The van der Waals surface area contributed by atoms with Crippen LogP contribution in [0, 0.1) is 5.82 Å². The van der Waals surface area contributed by atoms with Gasteiger partial charge >= 0.3 is 0 Å². The van der Waals surface area contributed by atoms with Crippen molar-refractivity contribution >= 4 is 5.91 Å². The van der Waals surface area contributed by atoms with Crippen molar-refractivity contribution in [2.75, 3.05) is 20.2 Å². The topological polar surface area (TPSA) is 55.6 Å². The first-order valence-corrected chi connectivity index (χ1v) is 6.93. The molecule has 0 heterocycles. The van der Waals surface area contributed by atoms with Gasteiger partial charge in [0.15, 0.2) is 0 Å². The van der Waals surface area contributed by atoms with Crippen molar-refractivity contribution in [1.29, 1.82) is 0 Å². The van der Waals surface area contributed by atoms with Crippen LogP contribution in [0.25, 0.3) is 0 Å². The summed E-state index contributed by atoms with van der Waals surface area (Å²) in [4.78, 5) is 14.2. The van der Waals surface area contributed by atoms with Crippen LogP contribution >= 0.6 is 0 Å². The Morgan fingerprint density at radius 2 is 2.05 bits per heavy atom. The fraction of sp³-hybridized carbons (Fsp3) is 0.533. The standard InChI is InChI=1S/C15H23FN2O2/c1-4-11(5-2)18(9-8-17)15(19)13-7-6-12(20-3)10-14(13)16/h6-7,10-11H,4-5,8-9,17H2,1-3H3. The highest BCUT2D eigenvalue weighted by Gasteiger charge is 2.24. The second kappa shape index (κ2) is 7.85. The summed E-state index contributed by atoms with van der Waals surface area (Å²) in [6.07, 6.45) is 1.64. The van der Waals surface area contributed by atoms with Crippen molar-refractivity contribution in [3.63, 3.8) is 0 Å². The van der Waals surface area contributed by atoms with Crippen LogP contribution in [0.3, 0.4) is 0 Å². The van der Waals surface area contributed by atoms with Gasteiger partial charge in [0, 0.05) is 25.2 Å². The minimum Gasteiger partial charge on any atom is -0.497 e. The number of nitrogens with zero attached hydrogens (tertiary/aromatic N) is 1. The number of amides is 1. The van der Waals surface area contributed by atoms with Crippen LogP contribution in [-0.4, -0.2) is 37.0 Å². The molecule has 112 valence electrons. The predicted octanol–water partition coefficient (Wildman–Crippen LogP) is 2.42. The third-order valence-electron chi connectivity index (χ3n) is 3.42. The zero-order chi connectivity index (χ0) is 15.1. The van der Waals surface area contributed by atoms with Crippen LogP contribution in [0.15, 0.2) is 18.2 Å². The van der Waals surface area contributed by atoms with E-state index in [1.54, 1.807) is 11.0 Å². The number of nitrogens with two attached hydrogens (primary N) is 1. The van der Waals surface area contributed by atoms with E-state index >= 15 is 0 Å². The van der Waals surface area contributed by atoms with Gasteiger partial charge in [-0.3, -0.25) is 4.79 Å². The lowest BCUT2D eigenvalue weighted by Crippen LogP contribution is -2.43. The summed E-state index contributed by atoms with van der Waals surface area (Å²) >= 11 is 0. The van der Waals surface area contributed by atoms with E-state index in [4.69, 9.17) is 10.5 Å². The zero-order valence-electron chi connectivity index (χ0n) is 12.4. The average Bonchev–Trinajstić information content (AvgIpc) is 2.46. The Labute approximate surface area is 119 Å². The molecule has 5 heteroatoms. The molecule has 1 aromatic rings. The second-order valence-corrected chi connectivity index (χ2v) is 4.60. The molecule has 0 saturated carbocycles. The van der Waals surface area contributed by atoms with Crippen LogP contribution in [0.1, 0.15) is 37.0 Å². The molecule has 0 bridgehead atoms. The fourth-order valence-corrected chi connectivity index (χ4v) is 2.27. The smallest absolute Gasteiger partial charge is 0.257 e. The maximum atomic E-state index is 14.0. The number of carbonyl (C=O) groups excluding carboxylic acids is 1.